The summed E-state index contributed by atoms with van der Waals surface area (Å²) >= 11 is 0. The Morgan fingerprint density at radius 1 is 0.491 bits per heavy atom. The Morgan fingerprint density at radius 3 is 1.49 bits per heavy atom. The van der Waals surface area contributed by atoms with Crippen LogP contribution >= 0.6 is 0 Å². The summed E-state index contributed by atoms with van der Waals surface area (Å²) in [4.78, 5) is 19.1. The van der Waals surface area contributed by atoms with E-state index in [1.54, 1.807) is 0 Å². The molecule has 6 nitrogen and oxygen atoms in total. The molecule has 8 aromatic rings. The van der Waals surface area contributed by atoms with Gasteiger partial charge in [-0.05, 0) is 89.8 Å². The largest absolute Gasteiger partial charge is 0.303 e. The van der Waals surface area contributed by atoms with E-state index in [1.807, 2.05) is 0 Å². The number of para-hydroxylation sites is 3. The van der Waals surface area contributed by atoms with Crippen LogP contribution in [-0.4, -0.2) is 29.6 Å². The summed E-state index contributed by atoms with van der Waals surface area (Å²) < 4.78 is 4.53. The van der Waals surface area contributed by atoms with Gasteiger partial charge in [-0.3, -0.25) is 9.13 Å². The van der Waals surface area contributed by atoms with Crippen molar-refractivity contribution in [1.29, 1.82) is 0 Å². The maximum absolute atomic E-state index is 5.59. The van der Waals surface area contributed by atoms with Crippen LogP contribution in [0.3, 0.4) is 0 Å². The van der Waals surface area contributed by atoms with Crippen LogP contribution in [0.5, 0.6) is 0 Å². The average Bonchev–Trinajstić information content (AvgIpc) is 3.75. The molecule has 55 heavy (non-hydrogen) atoms. The molecule has 276 valence electrons. The maximum Gasteiger partial charge on any atom is 0.241 e. The fraction of sp³-hybridized carbons (Fsp3) is 0.327. The second-order valence-electron chi connectivity index (χ2n) is 18.6. The second kappa shape index (κ2) is 11.5. The molecule has 10 rings (SSSR count). The van der Waals surface area contributed by atoms with Gasteiger partial charge in [0, 0.05) is 32.6 Å². The van der Waals surface area contributed by atoms with Crippen LogP contribution in [0.1, 0.15) is 97.8 Å². The summed E-state index contributed by atoms with van der Waals surface area (Å²) in [5.41, 5.74) is 9.29. The van der Waals surface area contributed by atoms with Crippen molar-refractivity contribution in [3.05, 3.63) is 126 Å². The molecule has 1 aliphatic heterocycles. The van der Waals surface area contributed by atoms with E-state index in [9.17, 15) is 0 Å². The Balaban J connectivity index is 1.33. The first kappa shape index (κ1) is 34.0. The van der Waals surface area contributed by atoms with E-state index in [0.717, 1.165) is 34.9 Å². The molecule has 0 spiro atoms. The van der Waals surface area contributed by atoms with E-state index in [1.165, 1.54) is 56.8 Å². The van der Waals surface area contributed by atoms with Gasteiger partial charge in [-0.1, -0.05) is 128 Å². The predicted octanol–water partition coefficient (Wildman–Crippen LogP) is 12.4. The molecule has 2 atom stereocenters. The monoisotopic (exact) mass is 722 g/mol. The molecule has 0 saturated heterocycles. The van der Waals surface area contributed by atoms with Crippen molar-refractivity contribution in [2.75, 3.05) is 4.90 Å². The minimum absolute atomic E-state index is 0.000468. The third-order valence-electron chi connectivity index (χ3n) is 13.3. The molecule has 4 heterocycles. The summed E-state index contributed by atoms with van der Waals surface area (Å²) in [5.74, 6) is 1.94. The van der Waals surface area contributed by atoms with Gasteiger partial charge in [0.05, 0.1) is 27.6 Å². The molecule has 1 aliphatic carbocycles. The minimum atomic E-state index is -0.213. The number of rotatable bonds is 3. The summed E-state index contributed by atoms with van der Waals surface area (Å²) in [5, 5.41) is 4.79. The van der Waals surface area contributed by atoms with Gasteiger partial charge in [0.2, 0.25) is 17.8 Å². The molecule has 1 saturated carbocycles. The highest BCUT2D eigenvalue weighted by atomic mass is 15.4. The first-order valence-corrected chi connectivity index (χ1v) is 20.0. The van der Waals surface area contributed by atoms with E-state index >= 15 is 0 Å². The molecule has 5 aromatic carbocycles. The van der Waals surface area contributed by atoms with E-state index in [0.29, 0.717) is 17.8 Å². The van der Waals surface area contributed by atoms with Crippen LogP contribution in [0.15, 0.2) is 109 Å². The van der Waals surface area contributed by atoms with Crippen molar-refractivity contribution in [3.63, 3.8) is 0 Å². The highest BCUT2D eigenvalue weighted by Gasteiger charge is 2.58. The third-order valence-corrected chi connectivity index (χ3v) is 13.3. The van der Waals surface area contributed by atoms with Gasteiger partial charge in [-0.25, -0.2) is 0 Å². The van der Waals surface area contributed by atoms with Crippen LogP contribution in [0, 0.1) is 0 Å². The zero-order valence-electron chi connectivity index (χ0n) is 33.4. The van der Waals surface area contributed by atoms with Gasteiger partial charge in [0.25, 0.3) is 0 Å². The topological polar surface area (TPSA) is 51.8 Å². The third kappa shape index (κ3) is 4.82. The molecule has 0 amide bonds. The quantitative estimate of drug-likeness (QED) is 0.182. The number of anilines is 2. The molecule has 0 bridgehead atoms. The number of nitrogens with zero attached hydrogens (tertiary/aromatic N) is 6. The van der Waals surface area contributed by atoms with Crippen LogP contribution in [0.4, 0.5) is 11.6 Å². The fourth-order valence-electron chi connectivity index (χ4n) is 9.96. The normalized spacial score (nSPS) is 20.2. The van der Waals surface area contributed by atoms with Crippen molar-refractivity contribution in [1.82, 2.24) is 24.1 Å². The molecule has 6 heteroatoms. The van der Waals surface area contributed by atoms with Gasteiger partial charge >= 0.3 is 0 Å². The number of hydrogen-bond acceptors (Lipinski definition) is 4. The van der Waals surface area contributed by atoms with E-state index in [-0.39, 0.29) is 21.8 Å². The predicted molar refractivity (Wildman–Crippen MR) is 229 cm³/mol. The lowest BCUT2D eigenvalue weighted by Gasteiger charge is -2.49. The Hall–Kier alpha value is -5.49. The number of benzene rings is 5. The standard InChI is InChI=1S/C49H50N6/c1-46(2,3)31-23-25-40-35(29-31)36-30-32(47(4,5)6)24-26-41(36)54(40)44-50-43(53-38-20-12-9-17-33(38)34-18-10-13-21-39(34)53)51-45(52-44)55-42-22-14-11-19-37(42)48(7)27-15-16-28-49(48,55)8/h9-14,17-26,29-30H,15-16,27-28H2,1-8H3. The SMILES string of the molecule is CC(C)(C)c1ccc2c(c1)c1cc(C(C)(C)C)ccc1n2-c1nc(N2c3ccccc3C3(C)CCCCC23C)nc(-n2c3ccccc3c3ccccc32)n1. The van der Waals surface area contributed by atoms with Crippen molar-refractivity contribution >= 4 is 55.2 Å². The Morgan fingerprint density at radius 2 is 0.945 bits per heavy atom. The number of hydrogen-bond donors (Lipinski definition) is 0. The number of fused-ring (bicyclic) bond motifs is 9. The van der Waals surface area contributed by atoms with Crippen LogP contribution in [0.2, 0.25) is 0 Å². The fourth-order valence-corrected chi connectivity index (χ4v) is 9.96. The smallest absolute Gasteiger partial charge is 0.241 e. The Bertz CT molecular complexity index is 2720. The lowest BCUT2D eigenvalue weighted by atomic mass is 9.61. The van der Waals surface area contributed by atoms with Gasteiger partial charge in [-0.15, -0.1) is 0 Å². The first-order chi connectivity index (χ1) is 26.3. The number of aromatic nitrogens is 5. The van der Waals surface area contributed by atoms with E-state index in [2.05, 4.69) is 179 Å². The van der Waals surface area contributed by atoms with Gasteiger partial charge < -0.3 is 4.90 Å². The molecular formula is C49H50N6. The average molecular weight is 723 g/mol. The summed E-state index contributed by atoms with van der Waals surface area (Å²) in [6.45, 7) is 18.6. The first-order valence-electron chi connectivity index (χ1n) is 20.0. The minimum Gasteiger partial charge on any atom is -0.303 e. The molecular weight excluding hydrogens is 673 g/mol. The summed E-state index contributed by atoms with van der Waals surface area (Å²) in [6.07, 6.45) is 4.59. The molecule has 0 N–H and O–H groups in total. The van der Waals surface area contributed by atoms with Crippen molar-refractivity contribution in [3.8, 4) is 11.9 Å². The maximum atomic E-state index is 5.59. The molecule has 0 radical (unpaired) electrons. The lowest BCUT2D eigenvalue weighted by Crippen LogP contribution is -2.55. The second-order valence-corrected chi connectivity index (χ2v) is 18.6. The zero-order chi connectivity index (χ0) is 38.1. The van der Waals surface area contributed by atoms with E-state index in [4.69, 9.17) is 15.0 Å². The van der Waals surface area contributed by atoms with Crippen molar-refractivity contribution < 1.29 is 0 Å². The van der Waals surface area contributed by atoms with Gasteiger partial charge in [0.1, 0.15) is 0 Å². The molecule has 2 unspecified atom stereocenters. The molecule has 1 fully saturated rings. The Kier molecular flexibility index (Phi) is 7.13. The van der Waals surface area contributed by atoms with Crippen molar-refractivity contribution in [2.45, 2.75) is 103 Å². The van der Waals surface area contributed by atoms with Crippen LogP contribution in [-0.2, 0) is 16.2 Å². The molecule has 3 aromatic heterocycles. The van der Waals surface area contributed by atoms with Crippen LogP contribution in [0.25, 0.3) is 55.5 Å². The van der Waals surface area contributed by atoms with Gasteiger partial charge in [-0.2, -0.15) is 15.0 Å². The molecule has 2 aliphatic rings. The zero-order valence-corrected chi connectivity index (χ0v) is 33.4. The highest BCUT2D eigenvalue weighted by Crippen LogP contribution is 2.60. The van der Waals surface area contributed by atoms with Gasteiger partial charge in [0.15, 0.2) is 0 Å². The Labute approximate surface area is 323 Å². The summed E-state index contributed by atoms with van der Waals surface area (Å²) in [7, 11) is 0. The lowest BCUT2D eigenvalue weighted by molar-refractivity contribution is 0.193. The van der Waals surface area contributed by atoms with Crippen LogP contribution < -0.4 is 4.90 Å². The van der Waals surface area contributed by atoms with Crippen molar-refractivity contribution in [2.24, 2.45) is 0 Å². The summed E-state index contributed by atoms with van der Waals surface area (Å²) in [6, 6.07) is 40.1. The van der Waals surface area contributed by atoms with E-state index < -0.39 is 0 Å². The highest BCUT2D eigenvalue weighted by molar-refractivity contribution is 6.10.